The lowest BCUT2D eigenvalue weighted by atomic mass is 9.90. The minimum absolute atomic E-state index is 0.613. The molecule has 1 atom stereocenters. The Morgan fingerprint density at radius 1 is 1.00 bits per heavy atom. The van der Waals surface area contributed by atoms with Crippen LogP contribution in [0.2, 0.25) is 5.02 Å². The van der Waals surface area contributed by atoms with Gasteiger partial charge in [0.15, 0.2) is 0 Å². The summed E-state index contributed by atoms with van der Waals surface area (Å²) in [6.07, 6.45) is 0. The van der Waals surface area contributed by atoms with Crippen molar-refractivity contribution < 1.29 is 0 Å². The molecule has 1 rings (SSSR count). The summed E-state index contributed by atoms with van der Waals surface area (Å²) in [5.74, 6) is 1.30. The minimum atomic E-state index is 0.613. The Morgan fingerprint density at radius 3 is 1.92 bits per heavy atom. The van der Waals surface area contributed by atoms with Crippen molar-refractivity contribution in [2.24, 2.45) is 5.92 Å². The van der Waals surface area contributed by atoms with E-state index in [4.69, 9.17) is 11.6 Å². The van der Waals surface area contributed by atoms with Crippen LogP contribution in [-0.2, 0) is 0 Å². The molecule has 0 aromatic heterocycles. The van der Waals surface area contributed by atoms with E-state index >= 15 is 0 Å². The van der Waals surface area contributed by atoms with Crippen molar-refractivity contribution in [1.82, 2.24) is 0 Å². The Bertz CT molecular complexity index is 236. The molecule has 0 N–H and O–H groups in total. The average Bonchev–Trinajstić information content (AvgIpc) is 2.04. The van der Waals surface area contributed by atoms with Crippen LogP contribution in [0, 0.1) is 5.92 Å². The highest BCUT2D eigenvalue weighted by atomic mass is 35.5. The van der Waals surface area contributed by atoms with E-state index < -0.39 is 0 Å². The number of hydrogen-bond donors (Lipinski definition) is 0. The zero-order chi connectivity index (χ0) is 9.14. The van der Waals surface area contributed by atoms with Gasteiger partial charge in [0.25, 0.3) is 0 Å². The molecule has 0 saturated carbocycles. The van der Waals surface area contributed by atoms with Crippen LogP contribution < -0.4 is 0 Å². The van der Waals surface area contributed by atoms with Gasteiger partial charge in [-0.3, -0.25) is 0 Å². The van der Waals surface area contributed by atoms with Crippen LogP contribution in [0.1, 0.15) is 32.3 Å². The Hall–Kier alpha value is -0.490. The lowest BCUT2D eigenvalue weighted by molar-refractivity contribution is 0.535. The first kappa shape index (κ1) is 9.60. The van der Waals surface area contributed by atoms with E-state index in [9.17, 15) is 0 Å². The molecule has 0 unspecified atom stereocenters. The fourth-order valence-electron chi connectivity index (χ4n) is 1.15. The largest absolute Gasteiger partial charge is 0.0843 e. The van der Waals surface area contributed by atoms with E-state index in [0.717, 1.165) is 5.02 Å². The Kier molecular flexibility index (Phi) is 3.16. The maximum Gasteiger partial charge on any atom is 0.0406 e. The second-order valence-corrected chi connectivity index (χ2v) is 4.02. The van der Waals surface area contributed by atoms with Crippen LogP contribution in [0.25, 0.3) is 0 Å². The van der Waals surface area contributed by atoms with Gasteiger partial charge in [-0.25, -0.2) is 0 Å². The molecule has 0 aliphatic heterocycles. The highest BCUT2D eigenvalue weighted by Gasteiger charge is 2.08. The summed E-state index contributed by atoms with van der Waals surface area (Å²) in [5, 5.41) is 0.815. The van der Waals surface area contributed by atoms with Crippen LogP contribution in [0.3, 0.4) is 0 Å². The van der Waals surface area contributed by atoms with Crippen molar-refractivity contribution >= 4 is 11.6 Å². The van der Waals surface area contributed by atoms with Gasteiger partial charge in [0.05, 0.1) is 0 Å². The topological polar surface area (TPSA) is 0 Å². The van der Waals surface area contributed by atoms with Crippen LogP contribution in [0.5, 0.6) is 0 Å². The van der Waals surface area contributed by atoms with Gasteiger partial charge in [-0.2, -0.15) is 0 Å². The molecule has 0 aliphatic rings. The summed E-state index contributed by atoms with van der Waals surface area (Å²) in [7, 11) is 0. The summed E-state index contributed by atoms with van der Waals surface area (Å²) in [5.41, 5.74) is 1.37. The van der Waals surface area contributed by atoms with Crippen LogP contribution >= 0.6 is 11.6 Å². The summed E-state index contributed by atoms with van der Waals surface area (Å²) >= 11 is 5.80. The third-order valence-corrected chi connectivity index (χ3v) is 2.65. The first-order valence-corrected chi connectivity index (χ1v) is 4.74. The van der Waals surface area contributed by atoms with Crippen molar-refractivity contribution in [3.05, 3.63) is 34.9 Å². The third-order valence-electron chi connectivity index (χ3n) is 2.40. The smallest absolute Gasteiger partial charge is 0.0406 e. The van der Waals surface area contributed by atoms with Gasteiger partial charge in [-0.15, -0.1) is 0 Å². The molecule has 1 aromatic rings. The van der Waals surface area contributed by atoms with Crippen molar-refractivity contribution in [2.45, 2.75) is 26.7 Å². The molecule has 1 aromatic carbocycles. The monoisotopic (exact) mass is 182 g/mol. The van der Waals surface area contributed by atoms with E-state index in [1.54, 1.807) is 0 Å². The molecule has 0 spiro atoms. The van der Waals surface area contributed by atoms with E-state index in [1.165, 1.54) is 5.56 Å². The number of rotatable bonds is 2. The molecule has 0 saturated heterocycles. The van der Waals surface area contributed by atoms with Crippen molar-refractivity contribution in [3.63, 3.8) is 0 Å². The molecule has 1 heteroatoms. The quantitative estimate of drug-likeness (QED) is 0.646. The predicted octanol–water partition coefficient (Wildman–Crippen LogP) is 4.10. The molecular weight excluding hydrogens is 168 g/mol. The normalized spacial score (nSPS) is 13.4. The molecule has 0 heterocycles. The number of benzene rings is 1. The van der Waals surface area contributed by atoms with Gasteiger partial charge in [0, 0.05) is 5.02 Å². The first-order chi connectivity index (χ1) is 5.61. The fourth-order valence-corrected chi connectivity index (χ4v) is 1.28. The molecule has 12 heavy (non-hydrogen) atoms. The van der Waals surface area contributed by atoms with E-state index in [-0.39, 0.29) is 0 Å². The van der Waals surface area contributed by atoms with Gasteiger partial charge in [-0.1, -0.05) is 44.5 Å². The molecule has 0 nitrogen and oxygen atoms in total. The van der Waals surface area contributed by atoms with Gasteiger partial charge in [0.1, 0.15) is 0 Å². The molecule has 0 aliphatic carbocycles. The lowest BCUT2D eigenvalue weighted by Gasteiger charge is -2.15. The summed E-state index contributed by atoms with van der Waals surface area (Å²) in [6.45, 7) is 6.71. The van der Waals surface area contributed by atoms with E-state index in [2.05, 4.69) is 32.9 Å². The highest BCUT2D eigenvalue weighted by molar-refractivity contribution is 6.30. The summed E-state index contributed by atoms with van der Waals surface area (Å²) in [4.78, 5) is 0. The van der Waals surface area contributed by atoms with Gasteiger partial charge in [-0.05, 0) is 29.5 Å². The zero-order valence-electron chi connectivity index (χ0n) is 7.84. The molecule has 0 bridgehead atoms. The van der Waals surface area contributed by atoms with Gasteiger partial charge < -0.3 is 0 Å². The molecule has 66 valence electrons. The second-order valence-electron chi connectivity index (χ2n) is 3.58. The van der Waals surface area contributed by atoms with Crippen LogP contribution in [0.4, 0.5) is 0 Å². The molecular formula is C11H15Cl. The molecule has 0 fully saturated rings. The number of halogens is 1. The Labute approximate surface area is 79.6 Å². The van der Waals surface area contributed by atoms with Crippen LogP contribution in [0.15, 0.2) is 24.3 Å². The fraction of sp³-hybridized carbons (Fsp3) is 0.455. The van der Waals surface area contributed by atoms with Crippen molar-refractivity contribution in [1.29, 1.82) is 0 Å². The van der Waals surface area contributed by atoms with E-state index in [1.807, 2.05) is 12.1 Å². The maximum atomic E-state index is 5.80. The summed E-state index contributed by atoms with van der Waals surface area (Å²) in [6, 6.07) is 8.12. The minimum Gasteiger partial charge on any atom is -0.0843 e. The third kappa shape index (κ3) is 2.25. The van der Waals surface area contributed by atoms with Crippen LogP contribution in [-0.4, -0.2) is 0 Å². The SMILES string of the molecule is CC(C)[C@@H](C)c1ccc(Cl)cc1. The maximum absolute atomic E-state index is 5.80. The van der Waals surface area contributed by atoms with Gasteiger partial charge in [0.2, 0.25) is 0 Å². The van der Waals surface area contributed by atoms with Gasteiger partial charge >= 0.3 is 0 Å². The van der Waals surface area contributed by atoms with Crippen molar-refractivity contribution in [3.8, 4) is 0 Å². The highest BCUT2D eigenvalue weighted by Crippen LogP contribution is 2.24. The van der Waals surface area contributed by atoms with E-state index in [0.29, 0.717) is 11.8 Å². The van der Waals surface area contributed by atoms with Crippen molar-refractivity contribution in [2.75, 3.05) is 0 Å². The Morgan fingerprint density at radius 2 is 1.50 bits per heavy atom. The Balaban J connectivity index is 2.82. The predicted molar refractivity (Wildman–Crippen MR) is 54.7 cm³/mol. The molecule has 0 radical (unpaired) electrons. The first-order valence-electron chi connectivity index (χ1n) is 4.36. The summed E-state index contributed by atoms with van der Waals surface area (Å²) < 4.78 is 0. The number of hydrogen-bond acceptors (Lipinski definition) is 0. The second kappa shape index (κ2) is 3.95. The average molecular weight is 183 g/mol. The standard InChI is InChI=1S/C11H15Cl/c1-8(2)9(3)10-4-6-11(12)7-5-10/h4-9H,1-3H3/t9-/m1/s1. The zero-order valence-corrected chi connectivity index (χ0v) is 8.60. The lowest BCUT2D eigenvalue weighted by Crippen LogP contribution is -2.01. The molecule has 0 amide bonds.